The average molecular weight is 514 g/mol. The molecule has 0 saturated carbocycles. The summed E-state index contributed by atoms with van der Waals surface area (Å²) < 4.78 is 38.3. The summed E-state index contributed by atoms with van der Waals surface area (Å²) in [5.74, 6) is 0.405. The van der Waals surface area contributed by atoms with E-state index in [0.717, 1.165) is 5.56 Å². The van der Waals surface area contributed by atoms with Gasteiger partial charge in [0.05, 0.1) is 12.3 Å². The van der Waals surface area contributed by atoms with Crippen molar-refractivity contribution in [2.75, 3.05) is 32.4 Å². The van der Waals surface area contributed by atoms with E-state index in [0.29, 0.717) is 44.1 Å². The summed E-state index contributed by atoms with van der Waals surface area (Å²) in [5, 5.41) is 6.41. The molecule has 0 radical (unpaired) electrons. The van der Waals surface area contributed by atoms with Crippen molar-refractivity contribution in [1.29, 1.82) is 0 Å². The van der Waals surface area contributed by atoms with Crippen LogP contribution < -0.4 is 10.6 Å². The Labute approximate surface area is 180 Å². The van der Waals surface area contributed by atoms with Crippen LogP contribution in [0.25, 0.3) is 0 Å². The Balaban J connectivity index is 0.00000676. The zero-order chi connectivity index (χ0) is 19.7. The van der Waals surface area contributed by atoms with Crippen molar-refractivity contribution in [1.82, 2.24) is 14.9 Å². The van der Waals surface area contributed by atoms with Gasteiger partial charge in [0.15, 0.2) is 5.96 Å². The van der Waals surface area contributed by atoms with Crippen LogP contribution >= 0.6 is 24.0 Å². The fraction of sp³-hybridized carbons (Fsp3) is 0.611. The van der Waals surface area contributed by atoms with Gasteiger partial charge in [0, 0.05) is 26.2 Å². The van der Waals surface area contributed by atoms with Gasteiger partial charge in [-0.3, -0.25) is 4.99 Å². The van der Waals surface area contributed by atoms with Crippen LogP contribution in [0, 0.1) is 12.7 Å². The first kappa shape index (κ1) is 26.1. The van der Waals surface area contributed by atoms with Crippen LogP contribution in [0.1, 0.15) is 44.4 Å². The number of aliphatic imine (C=N–C) groups is 1. The number of hydrogen-bond acceptors (Lipinski definition) is 3. The summed E-state index contributed by atoms with van der Waals surface area (Å²) in [7, 11) is -3.17. The van der Waals surface area contributed by atoms with E-state index in [1.807, 2.05) is 26.8 Å². The molecule has 0 aliphatic heterocycles. The largest absolute Gasteiger partial charge is 0.357 e. The lowest BCUT2D eigenvalue weighted by atomic mass is 10.1. The number of nitrogens with one attached hydrogen (secondary N) is 2. The van der Waals surface area contributed by atoms with E-state index < -0.39 is 10.0 Å². The van der Waals surface area contributed by atoms with E-state index in [1.165, 1.54) is 16.6 Å². The highest BCUT2D eigenvalue weighted by molar-refractivity contribution is 14.0. The summed E-state index contributed by atoms with van der Waals surface area (Å²) in [4.78, 5) is 4.49. The van der Waals surface area contributed by atoms with E-state index in [4.69, 9.17) is 0 Å². The quantitative estimate of drug-likeness (QED) is 0.230. The van der Waals surface area contributed by atoms with Gasteiger partial charge in [-0.05, 0) is 44.4 Å². The topological polar surface area (TPSA) is 73.8 Å². The second kappa shape index (κ2) is 12.5. The zero-order valence-corrected chi connectivity index (χ0v) is 19.9. The molecule has 0 bridgehead atoms. The molecule has 0 saturated heterocycles. The van der Waals surface area contributed by atoms with Gasteiger partial charge in [-0.15, -0.1) is 24.0 Å². The predicted molar refractivity (Wildman–Crippen MR) is 121 cm³/mol. The Bertz CT molecular complexity index is 713. The number of aryl methyl sites for hydroxylation is 1. The molecule has 9 heteroatoms. The number of guanidine groups is 1. The molecule has 1 atom stereocenters. The second-order valence-corrected chi connectivity index (χ2v) is 8.23. The molecule has 0 amide bonds. The van der Waals surface area contributed by atoms with E-state index in [2.05, 4.69) is 15.6 Å². The Hall–Kier alpha value is -0.940. The highest BCUT2D eigenvalue weighted by atomic mass is 127. The van der Waals surface area contributed by atoms with Crippen LogP contribution in [-0.2, 0) is 10.0 Å². The molecule has 1 unspecified atom stereocenters. The molecule has 0 aliphatic rings. The van der Waals surface area contributed by atoms with Gasteiger partial charge in [-0.1, -0.05) is 19.1 Å². The highest BCUT2D eigenvalue weighted by Crippen LogP contribution is 2.16. The summed E-state index contributed by atoms with van der Waals surface area (Å²) >= 11 is 0. The Morgan fingerprint density at radius 3 is 2.52 bits per heavy atom. The van der Waals surface area contributed by atoms with Gasteiger partial charge in [-0.2, -0.15) is 0 Å². The van der Waals surface area contributed by atoms with Gasteiger partial charge in [-0.25, -0.2) is 17.1 Å². The second-order valence-electron chi connectivity index (χ2n) is 6.24. The van der Waals surface area contributed by atoms with E-state index in [9.17, 15) is 12.8 Å². The van der Waals surface area contributed by atoms with Crippen molar-refractivity contribution in [3.05, 3.63) is 35.1 Å². The molecule has 1 aromatic carbocycles. The van der Waals surface area contributed by atoms with E-state index in [-0.39, 0.29) is 35.8 Å². The smallest absolute Gasteiger partial charge is 0.211 e. The molecule has 0 aliphatic carbocycles. The number of nitrogens with zero attached hydrogens (tertiary/aromatic N) is 2. The van der Waals surface area contributed by atoms with Gasteiger partial charge in [0.25, 0.3) is 0 Å². The highest BCUT2D eigenvalue weighted by Gasteiger charge is 2.13. The van der Waals surface area contributed by atoms with Crippen molar-refractivity contribution in [2.24, 2.45) is 4.99 Å². The van der Waals surface area contributed by atoms with Crippen LogP contribution in [0.4, 0.5) is 4.39 Å². The monoisotopic (exact) mass is 514 g/mol. The lowest BCUT2D eigenvalue weighted by molar-refractivity contribution is 0.427. The van der Waals surface area contributed by atoms with Crippen LogP contribution in [0.2, 0.25) is 0 Å². The maximum atomic E-state index is 13.8. The number of rotatable bonds is 9. The van der Waals surface area contributed by atoms with Crippen molar-refractivity contribution in [2.45, 2.75) is 40.2 Å². The normalized spacial score (nSPS) is 13.2. The third kappa shape index (κ3) is 9.20. The van der Waals surface area contributed by atoms with Crippen molar-refractivity contribution in [3.8, 4) is 0 Å². The molecule has 1 rings (SSSR count). The number of sulfonamides is 1. The maximum Gasteiger partial charge on any atom is 0.211 e. The minimum Gasteiger partial charge on any atom is -0.357 e. The molecule has 0 fully saturated rings. The summed E-state index contributed by atoms with van der Waals surface area (Å²) in [6.45, 7) is 9.56. The molecular weight excluding hydrogens is 482 g/mol. The summed E-state index contributed by atoms with van der Waals surface area (Å²) in [6, 6.07) is 5.08. The minimum absolute atomic E-state index is 0. The van der Waals surface area contributed by atoms with Crippen molar-refractivity contribution < 1.29 is 12.8 Å². The molecular formula is C18H32FIN4O2S. The molecule has 156 valence electrons. The van der Waals surface area contributed by atoms with Crippen molar-refractivity contribution in [3.63, 3.8) is 0 Å². The number of benzene rings is 1. The van der Waals surface area contributed by atoms with Crippen LogP contribution in [0.5, 0.6) is 0 Å². The Morgan fingerprint density at radius 2 is 2.00 bits per heavy atom. The first-order valence-corrected chi connectivity index (χ1v) is 10.8. The van der Waals surface area contributed by atoms with Crippen LogP contribution in [0.15, 0.2) is 23.2 Å². The van der Waals surface area contributed by atoms with E-state index >= 15 is 0 Å². The first-order valence-electron chi connectivity index (χ1n) is 8.95. The van der Waals surface area contributed by atoms with Gasteiger partial charge >= 0.3 is 0 Å². The average Bonchev–Trinajstić information content (AvgIpc) is 2.56. The lowest BCUT2D eigenvalue weighted by Crippen LogP contribution is -2.39. The fourth-order valence-electron chi connectivity index (χ4n) is 2.48. The molecule has 27 heavy (non-hydrogen) atoms. The van der Waals surface area contributed by atoms with Crippen LogP contribution in [0.3, 0.4) is 0 Å². The predicted octanol–water partition coefficient (Wildman–Crippen LogP) is 3.04. The summed E-state index contributed by atoms with van der Waals surface area (Å²) in [6.07, 6.45) is 1.85. The number of halogens is 2. The Morgan fingerprint density at radius 1 is 1.33 bits per heavy atom. The third-order valence-corrected chi connectivity index (χ3v) is 5.43. The van der Waals surface area contributed by atoms with E-state index in [1.54, 1.807) is 13.0 Å². The maximum absolute atomic E-state index is 13.8. The van der Waals surface area contributed by atoms with Crippen LogP contribution in [-0.4, -0.2) is 51.1 Å². The molecule has 0 spiro atoms. The summed E-state index contributed by atoms with van der Waals surface area (Å²) in [5.41, 5.74) is 1.46. The van der Waals surface area contributed by atoms with Gasteiger partial charge < -0.3 is 10.6 Å². The first-order chi connectivity index (χ1) is 12.2. The fourth-order valence-corrected chi connectivity index (χ4v) is 3.41. The lowest BCUT2D eigenvalue weighted by Gasteiger charge is -2.19. The Kier molecular flexibility index (Phi) is 12.1. The SMILES string of the molecule is CCNC(=NCCCN(CC)S(C)(=O)=O)NC(C)c1ccc(C)c(F)c1.I. The van der Waals surface area contributed by atoms with Gasteiger partial charge in [0.2, 0.25) is 10.0 Å². The van der Waals surface area contributed by atoms with Crippen molar-refractivity contribution >= 4 is 40.0 Å². The molecule has 2 N–H and O–H groups in total. The minimum atomic E-state index is -3.17. The van der Waals surface area contributed by atoms with Gasteiger partial charge in [0.1, 0.15) is 5.82 Å². The molecule has 0 heterocycles. The zero-order valence-electron chi connectivity index (χ0n) is 16.8. The third-order valence-electron chi connectivity index (χ3n) is 4.05. The molecule has 6 nitrogen and oxygen atoms in total. The standard InChI is InChI=1S/C18H31FN4O2S.HI/c1-6-20-18(21-11-8-12-23(7-2)26(5,24)25)22-15(4)16-10-9-14(3)17(19)13-16;/h9-10,13,15H,6-8,11-12H2,1-5H3,(H2,20,21,22);1H. The number of hydrogen-bond donors (Lipinski definition) is 2. The molecule has 0 aromatic heterocycles. The molecule has 1 aromatic rings.